The van der Waals surface area contributed by atoms with Crippen LogP contribution in [0.1, 0.15) is 34.0 Å². The summed E-state index contributed by atoms with van der Waals surface area (Å²) in [5.41, 5.74) is 4.21. The summed E-state index contributed by atoms with van der Waals surface area (Å²) in [6.07, 6.45) is 2.93. The summed E-state index contributed by atoms with van der Waals surface area (Å²) in [6.45, 7) is 0. The van der Waals surface area contributed by atoms with Crippen LogP contribution in [0, 0.1) is 5.82 Å². The van der Waals surface area contributed by atoms with Crippen molar-refractivity contribution in [3.05, 3.63) is 77.4 Å². The van der Waals surface area contributed by atoms with Crippen molar-refractivity contribution in [1.29, 1.82) is 0 Å². The van der Waals surface area contributed by atoms with Crippen molar-refractivity contribution < 1.29 is 9.18 Å². The second-order valence-electron chi connectivity index (χ2n) is 6.45. The number of hydrogen-bond donors (Lipinski definition) is 0. The van der Waals surface area contributed by atoms with E-state index in [9.17, 15) is 9.18 Å². The predicted molar refractivity (Wildman–Crippen MR) is 92.3 cm³/mol. The van der Waals surface area contributed by atoms with Gasteiger partial charge in [0.25, 0.3) is 0 Å². The SMILES string of the molecule is O=C1C[C@@H](c2ccc(F)cc2)Cc2nc3nc4ccccc4n3cc21. The quantitative estimate of drug-likeness (QED) is 0.531. The second kappa shape index (κ2) is 5.21. The van der Waals surface area contributed by atoms with Gasteiger partial charge < -0.3 is 0 Å². The smallest absolute Gasteiger partial charge is 0.235 e. The highest BCUT2D eigenvalue weighted by Crippen LogP contribution is 2.32. The van der Waals surface area contributed by atoms with Gasteiger partial charge in [0, 0.05) is 12.6 Å². The van der Waals surface area contributed by atoms with Crippen LogP contribution in [0.3, 0.4) is 0 Å². The van der Waals surface area contributed by atoms with Crippen LogP contribution < -0.4 is 0 Å². The van der Waals surface area contributed by atoms with Gasteiger partial charge in [0.2, 0.25) is 5.78 Å². The molecule has 5 rings (SSSR count). The number of Topliss-reactive ketones (excluding diaryl/α,β-unsaturated/α-hetero) is 1. The lowest BCUT2D eigenvalue weighted by Gasteiger charge is -2.23. The normalized spacial score (nSPS) is 17.2. The van der Waals surface area contributed by atoms with Gasteiger partial charge in [0.1, 0.15) is 5.82 Å². The lowest BCUT2D eigenvalue weighted by molar-refractivity contribution is 0.0962. The van der Waals surface area contributed by atoms with Crippen LogP contribution in [0.4, 0.5) is 4.39 Å². The third kappa shape index (κ3) is 2.23. The molecule has 0 fully saturated rings. The molecule has 5 heteroatoms. The van der Waals surface area contributed by atoms with Gasteiger partial charge in [-0.1, -0.05) is 24.3 Å². The summed E-state index contributed by atoms with van der Waals surface area (Å²) in [6, 6.07) is 14.2. The van der Waals surface area contributed by atoms with E-state index in [0.717, 1.165) is 22.3 Å². The van der Waals surface area contributed by atoms with Gasteiger partial charge in [-0.15, -0.1) is 0 Å². The average Bonchev–Trinajstić information content (AvgIpc) is 2.98. The summed E-state index contributed by atoms with van der Waals surface area (Å²) in [7, 11) is 0. The number of rotatable bonds is 1. The molecule has 0 aliphatic heterocycles. The molecule has 0 unspecified atom stereocenters. The van der Waals surface area contributed by atoms with Gasteiger partial charge in [-0.05, 0) is 42.2 Å². The Balaban J connectivity index is 1.63. The molecule has 0 spiro atoms. The van der Waals surface area contributed by atoms with Crippen molar-refractivity contribution in [1.82, 2.24) is 14.4 Å². The molecular weight excluding hydrogens is 317 g/mol. The maximum atomic E-state index is 13.2. The van der Waals surface area contributed by atoms with Gasteiger partial charge in [-0.25, -0.2) is 14.4 Å². The molecule has 2 aromatic carbocycles. The minimum absolute atomic E-state index is 0.0277. The van der Waals surface area contributed by atoms with Crippen molar-refractivity contribution >= 4 is 22.6 Å². The van der Waals surface area contributed by atoms with E-state index in [2.05, 4.69) is 9.97 Å². The third-order valence-electron chi connectivity index (χ3n) is 4.89. The fourth-order valence-corrected chi connectivity index (χ4v) is 3.62. The first kappa shape index (κ1) is 14.3. The topological polar surface area (TPSA) is 47.3 Å². The van der Waals surface area contributed by atoms with Gasteiger partial charge >= 0.3 is 0 Å². The molecule has 0 saturated heterocycles. The number of benzene rings is 2. The average molecular weight is 331 g/mol. The van der Waals surface area contributed by atoms with Crippen LogP contribution in [-0.4, -0.2) is 20.2 Å². The summed E-state index contributed by atoms with van der Waals surface area (Å²) in [5.74, 6) is 0.436. The lowest BCUT2D eigenvalue weighted by Crippen LogP contribution is -2.21. The van der Waals surface area contributed by atoms with E-state index in [1.165, 1.54) is 12.1 Å². The number of halogens is 1. The van der Waals surface area contributed by atoms with E-state index in [-0.39, 0.29) is 17.5 Å². The molecule has 2 heterocycles. The maximum absolute atomic E-state index is 13.2. The number of ketones is 1. The monoisotopic (exact) mass is 331 g/mol. The number of carbonyl (C=O) groups is 1. The van der Waals surface area contributed by atoms with Crippen molar-refractivity contribution in [3.8, 4) is 0 Å². The Bertz CT molecular complexity index is 1130. The standard InChI is InChI=1S/C20H14FN3O/c21-14-7-5-12(6-8-14)13-9-17-15(19(25)10-13)11-24-18-4-2-1-3-16(18)22-20(24)23-17/h1-8,11,13H,9-10H2/t13-/m0/s1. The van der Waals surface area contributed by atoms with E-state index in [1.807, 2.05) is 34.9 Å². The van der Waals surface area contributed by atoms with E-state index in [0.29, 0.717) is 24.2 Å². The van der Waals surface area contributed by atoms with Crippen molar-refractivity contribution in [2.45, 2.75) is 18.8 Å². The van der Waals surface area contributed by atoms with E-state index < -0.39 is 0 Å². The third-order valence-corrected chi connectivity index (χ3v) is 4.89. The predicted octanol–water partition coefficient (Wildman–Crippen LogP) is 3.93. The fourth-order valence-electron chi connectivity index (χ4n) is 3.62. The number of fused-ring (bicyclic) bond motifs is 4. The van der Waals surface area contributed by atoms with Gasteiger partial charge in [0.15, 0.2) is 5.78 Å². The lowest BCUT2D eigenvalue weighted by atomic mass is 9.82. The number of carbonyl (C=O) groups excluding carboxylic acids is 1. The Morgan fingerprint density at radius 3 is 2.64 bits per heavy atom. The Labute approximate surface area is 143 Å². The molecule has 0 radical (unpaired) electrons. The summed E-state index contributed by atoms with van der Waals surface area (Å²) >= 11 is 0. The Hall–Kier alpha value is -3.08. The van der Waals surface area contributed by atoms with Crippen LogP contribution in [0.25, 0.3) is 16.8 Å². The first-order valence-electron chi connectivity index (χ1n) is 8.24. The maximum Gasteiger partial charge on any atom is 0.235 e. The highest BCUT2D eigenvalue weighted by molar-refractivity contribution is 5.99. The number of nitrogens with zero attached hydrogens (tertiary/aromatic N) is 3. The Morgan fingerprint density at radius 2 is 1.80 bits per heavy atom. The van der Waals surface area contributed by atoms with E-state index in [4.69, 9.17) is 0 Å². The van der Waals surface area contributed by atoms with Gasteiger partial charge in [-0.2, -0.15) is 0 Å². The highest BCUT2D eigenvalue weighted by atomic mass is 19.1. The van der Waals surface area contributed by atoms with Gasteiger partial charge in [0.05, 0.1) is 22.3 Å². The molecule has 4 aromatic rings. The van der Waals surface area contributed by atoms with Crippen LogP contribution in [0.5, 0.6) is 0 Å². The summed E-state index contributed by atoms with van der Waals surface area (Å²) in [5, 5.41) is 0. The zero-order valence-electron chi connectivity index (χ0n) is 13.3. The largest absolute Gasteiger partial charge is 0.294 e. The molecule has 2 aromatic heterocycles. The molecule has 4 nitrogen and oxygen atoms in total. The van der Waals surface area contributed by atoms with Crippen molar-refractivity contribution in [3.63, 3.8) is 0 Å². The molecule has 1 aliphatic carbocycles. The van der Waals surface area contributed by atoms with Crippen LogP contribution in [0.2, 0.25) is 0 Å². The first-order chi connectivity index (χ1) is 12.2. The molecule has 1 atom stereocenters. The zero-order chi connectivity index (χ0) is 17.0. The number of para-hydroxylation sites is 2. The Morgan fingerprint density at radius 1 is 1.00 bits per heavy atom. The van der Waals surface area contributed by atoms with E-state index >= 15 is 0 Å². The highest BCUT2D eigenvalue weighted by Gasteiger charge is 2.28. The molecule has 0 bridgehead atoms. The van der Waals surface area contributed by atoms with Gasteiger partial charge in [-0.3, -0.25) is 9.20 Å². The summed E-state index contributed by atoms with van der Waals surface area (Å²) in [4.78, 5) is 21.9. The molecule has 0 amide bonds. The van der Waals surface area contributed by atoms with Crippen LogP contribution in [0.15, 0.2) is 54.7 Å². The fraction of sp³-hybridized carbons (Fsp3) is 0.150. The number of imidazole rings is 1. The first-order valence-corrected chi connectivity index (χ1v) is 8.24. The van der Waals surface area contributed by atoms with Crippen molar-refractivity contribution in [2.24, 2.45) is 0 Å². The van der Waals surface area contributed by atoms with E-state index in [1.54, 1.807) is 12.1 Å². The van der Waals surface area contributed by atoms with Crippen LogP contribution in [-0.2, 0) is 6.42 Å². The minimum Gasteiger partial charge on any atom is -0.294 e. The zero-order valence-corrected chi connectivity index (χ0v) is 13.3. The minimum atomic E-state index is -0.268. The van der Waals surface area contributed by atoms with Crippen molar-refractivity contribution in [2.75, 3.05) is 0 Å². The molecule has 0 N–H and O–H groups in total. The molecule has 1 aliphatic rings. The number of hydrogen-bond acceptors (Lipinski definition) is 3. The summed E-state index contributed by atoms with van der Waals surface area (Å²) < 4.78 is 15.0. The molecule has 122 valence electrons. The van der Waals surface area contributed by atoms with Crippen LogP contribution >= 0.6 is 0 Å². The Kier molecular flexibility index (Phi) is 2.98. The molecule has 0 saturated carbocycles. The second-order valence-corrected chi connectivity index (χ2v) is 6.45. The molecule has 25 heavy (non-hydrogen) atoms. The number of aromatic nitrogens is 3. The molecular formula is C20H14FN3O.